The Morgan fingerprint density at radius 2 is 2.16 bits per heavy atom. The Bertz CT molecular complexity index is 641. The minimum absolute atomic E-state index is 0.0555. The van der Waals surface area contributed by atoms with Crippen LogP contribution in [0.1, 0.15) is 11.3 Å². The molecule has 0 saturated carbocycles. The second kappa shape index (κ2) is 3.81. The van der Waals surface area contributed by atoms with Crippen molar-refractivity contribution in [2.75, 3.05) is 17.6 Å². The van der Waals surface area contributed by atoms with Gasteiger partial charge in [-0.25, -0.2) is 4.79 Å². The lowest BCUT2D eigenvalue weighted by Crippen LogP contribution is -2.50. The first-order valence-electron chi connectivity index (χ1n) is 6.18. The molecule has 5 heteroatoms. The number of benzene rings is 1. The molecular formula is C14H12N2O2S. The summed E-state index contributed by atoms with van der Waals surface area (Å²) in [5, 5.41) is 2.95. The Kier molecular flexibility index (Phi) is 2.20. The molecule has 1 N–H and O–H groups in total. The van der Waals surface area contributed by atoms with E-state index in [0.717, 1.165) is 29.3 Å². The van der Waals surface area contributed by atoms with Gasteiger partial charge in [-0.1, -0.05) is 18.2 Å². The zero-order valence-electron chi connectivity index (χ0n) is 10.1. The monoisotopic (exact) mass is 272 g/mol. The van der Waals surface area contributed by atoms with E-state index in [1.807, 2.05) is 35.2 Å². The number of hydrogen-bond donors (Lipinski definition) is 1. The number of furan rings is 1. The van der Waals surface area contributed by atoms with Crippen LogP contribution >= 0.6 is 11.8 Å². The number of urea groups is 1. The maximum Gasteiger partial charge on any atom is 0.323 e. The number of nitrogens with one attached hydrogen (secondary N) is 1. The van der Waals surface area contributed by atoms with Crippen LogP contribution in [0.15, 0.2) is 47.1 Å². The number of rotatable bonds is 1. The fraction of sp³-hybridized carbons (Fsp3) is 0.214. The van der Waals surface area contributed by atoms with Gasteiger partial charge in [0, 0.05) is 23.5 Å². The number of thioether (sulfide) groups is 1. The third kappa shape index (κ3) is 1.33. The number of hydrogen-bond acceptors (Lipinski definition) is 3. The second-order valence-corrected chi connectivity index (χ2v) is 5.88. The van der Waals surface area contributed by atoms with Crippen molar-refractivity contribution in [1.29, 1.82) is 0 Å². The number of carbonyl (C=O) groups excluding carboxylic acids is 1. The van der Waals surface area contributed by atoms with Crippen LogP contribution in [0, 0.1) is 0 Å². The van der Waals surface area contributed by atoms with Crippen molar-refractivity contribution in [2.45, 2.75) is 4.87 Å². The topological polar surface area (TPSA) is 45.5 Å². The van der Waals surface area contributed by atoms with Gasteiger partial charge in [-0.05, 0) is 18.2 Å². The lowest BCUT2D eigenvalue weighted by atomic mass is 9.98. The molecule has 2 amide bonds. The molecule has 1 aromatic heterocycles. The van der Waals surface area contributed by atoms with Crippen molar-refractivity contribution < 1.29 is 9.21 Å². The van der Waals surface area contributed by atoms with Crippen LogP contribution in [0.5, 0.6) is 0 Å². The highest BCUT2D eigenvalue weighted by molar-refractivity contribution is 8.00. The van der Waals surface area contributed by atoms with Gasteiger partial charge in [0.1, 0.15) is 5.76 Å². The van der Waals surface area contributed by atoms with E-state index in [9.17, 15) is 4.79 Å². The number of nitrogens with zero attached hydrogens (tertiary/aromatic N) is 1. The molecule has 96 valence electrons. The molecule has 1 atom stereocenters. The van der Waals surface area contributed by atoms with E-state index in [1.165, 1.54) is 0 Å². The summed E-state index contributed by atoms with van der Waals surface area (Å²) in [7, 11) is 0. The molecule has 1 aromatic carbocycles. The van der Waals surface area contributed by atoms with Gasteiger partial charge in [0.05, 0.1) is 6.26 Å². The predicted octanol–water partition coefficient (Wildman–Crippen LogP) is 3.08. The molecule has 2 aliphatic heterocycles. The van der Waals surface area contributed by atoms with Crippen LogP contribution in [0.3, 0.4) is 0 Å². The largest absolute Gasteiger partial charge is 0.466 e. The molecule has 3 heterocycles. The number of anilines is 1. The molecule has 4 rings (SSSR count). The first-order valence-corrected chi connectivity index (χ1v) is 7.17. The highest BCUT2D eigenvalue weighted by Crippen LogP contribution is 2.54. The zero-order chi connectivity index (χ0) is 12.9. The molecule has 1 saturated heterocycles. The molecular weight excluding hydrogens is 260 g/mol. The average molecular weight is 272 g/mol. The van der Waals surface area contributed by atoms with Crippen molar-refractivity contribution in [2.24, 2.45) is 0 Å². The Labute approximate surface area is 114 Å². The summed E-state index contributed by atoms with van der Waals surface area (Å²) in [6.07, 6.45) is 1.66. The quantitative estimate of drug-likeness (QED) is 0.867. The van der Waals surface area contributed by atoms with Gasteiger partial charge in [-0.2, -0.15) is 0 Å². The number of fused-ring (bicyclic) bond motifs is 3. The molecule has 2 aliphatic rings. The molecule has 0 bridgehead atoms. The number of para-hydroxylation sites is 1. The van der Waals surface area contributed by atoms with Crippen LogP contribution in [-0.4, -0.2) is 23.2 Å². The summed E-state index contributed by atoms with van der Waals surface area (Å²) in [5.41, 5.74) is 1.96. The van der Waals surface area contributed by atoms with Crippen LogP contribution in [-0.2, 0) is 4.87 Å². The summed E-state index contributed by atoms with van der Waals surface area (Å²) in [6.45, 7) is 0.728. The van der Waals surface area contributed by atoms with Gasteiger partial charge in [0.2, 0.25) is 0 Å². The van der Waals surface area contributed by atoms with Gasteiger partial charge < -0.3 is 9.73 Å². The maximum absolute atomic E-state index is 12.3. The summed E-state index contributed by atoms with van der Waals surface area (Å²) in [5.74, 6) is 1.72. The van der Waals surface area contributed by atoms with Crippen molar-refractivity contribution in [3.05, 3.63) is 54.0 Å². The van der Waals surface area contributed by atoms with Crippen molar-refractivity contribution >= 4 is 23.5 Å². The van der Waals surface area contributed by atoms with Gasteiger partial charge in [0.25, 0.3) is 0 Å². The fourth-order valence-electron chi connectivity index (χ4n) is 2.87. The van der Waals surface area contributed by atoms with Crippen molar-refractivity contribution in [3.63, 3.8) is 0 Å². The molecule has 1 unspecified atom stereocenters. The molecule has 2 aromatic rings. The number of carbonyl (C=O) groups is 1. The van der Waals surface area contributed by atoms with E-state index in [-0.39, 0.29) is 6.03 Å². The Hall–Kier alpha value is -1.88. The van der Waals surface area contributed by atoms with Crippen molar-refractivity contribution in [1.82, 2.24) is 4.90 Å². The van der Waals surface area contributed by atoms with Crippen LogP contribution in [0.2, 0.25) is 0 Å². The van der Waals surface area contributed by atoms with Gasteiger partial charge in [-0.15, -0.1) is 11.8 Å². The lowest BCUT2D eigenvalue weighted by molar-refractivity contribution is 0.186. The number of amides is 2. The SMILES string of the molecule is O=C1Nc2ccccc2C2(c3ccco3)SCCN12. The molecule has 19 heavy (non-hydrogen) atoms. The highest BCUT2D eigenvalue weighted by atomic mass is 32.2. The molecule has 0 spiro atoms. The Morgan fingerprint density at radius 1 is 1.26 bits per heavy atom. The Balaban J connectivity index is 2.02. The van der Waals surface area contributed by atoms with Crippen LogP contribution in [0.4, 0.5) is 10.5 Å². The van der Waals surface area contributed by atoms with Crippen LogP contribution in [0.25, 0.3) is 0 Å². The summed E-state index contributed by atoms with van der Waals surface area (Å²) < 4.78 is 5.64. The standard InChI is InChI=1S/C14H12N2O2S/c17-13-15-11-5-2-1-4-10(11)14(12-6-3-8-18-12)16(13)7-9-19-14/h1-6,8H,7,9H2,(H,15,17). The normalized spacial score (nSPS) is 24.8. The van der Waals surface area contributed by atoms with Crippen molar-refractivity contribution in [3.8, 4) is 0 Å². The van der Waals surface area contributed by atoms with Gasteiger partial charge in [0.15, 0.2) is 4.87 Å². The van der Waals surface area contributed by atoms with E-state index in [2.05, 4.69) is 11.4 Å². The van der Waals surface area contributed by atoms with E-state index in [1.54, 1.807) is 18.0 Å². The molecule has 0 radical (unpaired) electrons. The first kappa shape index (κ1) is 11.0. The molecule has 0 aliphatic carbocycles. The summed E-state index contributed by atoms with van der Waals surface area (Å²) >= 11 is 1.75. The van der Waals surface area contributed by atoms with E-state index < -0.39 is 4.87 Å². The third-order valence-corrected chi connectivity index (χ3v) is 5.09. The maximum atomic E-state index is 12.3. The third-order valence-electron chi connectivity index (χ3n) is 3.64. The summed E-state index contributed by atoms with van der Waals surface area (Å²) in [4.78, 5) is 13.6. The van der Waals surface area contributed by atoms with Gasteiger partial charge in [-0.3, -0.25) is 4.90 Å². The molecule has 1 fully saturated rings. The highest BCUT2D eigenvalue weighted by Gasteiger charge is 2.53. The van der Waals surface area contributed by atoms with Crippen LogP contribution < -0.4 is 5.32 Å². The first-order chi connectivity index (χ1) is 9.32. The van der Waals surface area contributed by atoms with E-state index in [4.69, 9.17) is 4.42 Å². The smallest absolute Gasteiger partial charge is 0.323 e. The van der Waals surface area contributed by atoms with Gasteiger partial charge >= 0.3 is 6.03 Å². The van der Waals surface area contributed by atoms with E-state index in [0.29, 0.717) is 0 Å². The molecule has 4 nitrogen and oxygen atoms in total. The zero-order valence-corrected chi connectivity index (χ0v) is 10.9. The van der Waals surface area contributed by atoms with E-state index >= 15 is 0 Å². The average Bonchev–Trinajstić information content (AvgIpc) is 3.09. The fourth-order valence-corrected chi connectivity index (χ4v) is 4.36. The Morgan fingerprint density at radius 3 is 3.00 bits per heavy atom. The predicted molar refractivity (Wildman–Crippen MR) is 74.1 cm³/mol. The summed E-state index contributed by atoms with van der Waals surface area (Å²) in [6, 6.07) is 11.7. The second-order valence-electron chi connectivity index (χ2n) is 4.60. The lowest BCUT2D eigenvalue weighted by Gasteiger charge is -2.41. The minimum Gasteiger partial charge on any atom is -0.466 e. The minimum atomic E-state index is -0.511.